The van der Waals surface area contributed by atoms with E-state index in [1.54, 1.807) is 12.2 Å². The van der Waals surface area contributed by atoms with Crippen molar-refractivity contribution in [2.75, 3.05) is 0 Å². The van der Waals surface area contributed by atoms with Crippen molar-refractivity contribution in [2.24, 2.45) is 15.7 Å². The minimum Gasteiger partial charge on any atom is -0.383 e. The Morgan fingerprint density at radius 2 is 1.19 bits per heavy atom. The lowest BCUT2D eigenvalue weighted by Crippen LogP contribution is -2.16. The average Bonchev–Trinajstić information content (AvgIpc) is 3.49. The van der Waals surface area contributed by atoms with E-state index >= 15 is 0 Å². The predicted molar refractivity (Wildman–Crippen MR) is 244 cm³/mol. The molecule has 0 saturated carbocycles. The fraction of sp³-hybridized carbons (Fsp3) is 0.0741. The largest absolute Gasteiger partial charge is 0.383 e. The molecular weight excluding hydrogens is 691 g/mol. The van der Waals surface area contributed by atoms with Crippen LogP contribution in [-0.4, -0.2) is 11.7 Å². The normalized spacial score (nSPS) is 13.8. The average molecular weight is 734 g/mol. The minimum atomic E-state index is -0.0576. The van der Waals surface area contributed by atoms with Gasteiger partial charge in [-0.25, -0.2) is 4.99 Å². The number of rotatable bonds is 8. The molecule has 0 saturated heterocycles. The summed E-state index contributed by atoms with van der Waals surface area (Å²) in [5, 5.41) is 7.43. The SMILES string of the molecule is C=C/C=C(\C=C)C(=NCc1ccccc1)N=C(N)c1ccc(-c2cccc3c4ccccc4c4cc(-c5ccc6c(c5)C(C)(C)c5ccccc5-6)ccc4c23)cc1. The Labute approximate surface area is 334 Å². The second kappa shape index (κ2) is 14.5. The van der Waals surface area contributed by atoms with Gasteiger partial charge in [-0.2, -0.15) is 0 Å². The molecule has 0 aromatic heterocycles. The summed E-state index contributed by atoms with van der Waals surface area (Å²) >= 11 is 0. The van der Waals surface area contributed by atoms with Crippen LogP contribution in [0.4, 0.5) is 0 Å². The number of benzene rings is 8. The Morgan fingerprint density at radius 1 is 0.579 bits per heavy atom. The summed E-state index contributed by atoms with van der Waals surface area (Å²) in [4.78, 5) is 9.63. The zero-order chi connectivity index (χ0) is 39.1. The van der Waals surface area contributed by atoms with Crippen LogP contribution in [0, 0.1) is 0 Å². The standard InChI is InChI=1S/C54H43N3/c1-5-15-36(6-2)53(56-34-35-16-8-7-9-17-35)57-52(55)38-26-24-37(25-27-38)41-21-14-22-46-42-18-10-11-19-43(42)48-32-39(29-31-47(48)51(41)46)40-28-30-45-44-20-12-13-23-49(44)54(3,4)50(45)33-40/h5-33H,1-2,34H2,3-4H3,(H2,55,56,57)/b36-15+. The Kier molecular flexibility index (Phi) is 9.07. The summed E-state index contributed by atoms with van der Waals surface area (Å²) in [5.41, 5.74) is 19.5. The number of allylic oxidation sites excluding steroid dienone is 2. The van der Waals surface area contributed by atoms with E-state index in [2.05, 4.69) is 142 Å². The maximum Gasteiger partial charge on any atom is 0.157 e. The number of fused-ring (bicyclic) bond motifs is 9. The fourth-order valence-electron chi connectivity index (χ4n) is 8.61. The molecule has 0 heterocycles. The first kappa shape index (κ1) is 35.6. The number of amidine groups is 2. The first-order valence-corrected chi connectivity index (χ1v) is 19.5. The van der Waals surface area contributed by atoms with E-state index < -0.39 is 0 Å². The van der Waals surface area contributed by atoms with E-state index in [1.807, 2.05) is 48.5 Å². The van der Waals surface area contributed by atoms with Crippen molar-refractivity contribution in [1.29, 1.82) is 0 Å². The molecule has 1 aliphatic carbocycles. The van der Waals surface area contributed by atoms with Gasteiger partial charge in [-0.15, -0.1) is 0 Å². The monoisotopic (exact) mass is 733 g/mol. The fourth-order valence-corrected chi connectivity index (χ4v) is 8.61. The Hall–Kier alpha value is -7.10. The van der Waals surface area contributed by atoms with Crippen molar-refractivity contribution in [2.45, 2.75) is 25.8 Å². The number of nitrogens with two attached hydrogens (primary N) is 1. The molecule has 0 bridgehead atoms. The van der Waals surface area contributed by atoms with Crippen molar-refractivity contribution in [1.82, 2.24) is 0 Å². The molecule has 2 N–H and O–H groups in total. The second-order valence-electron chi connectivity index (χ2n) is 15.2. The summed E-state index contributed by atoms with van der Waals surface area (Å²) in [6.07, 6.45) is 5.29. The molecule has 3 nitrogen and oxygen atoms in total. The van der Waals surface area contributed by atoms with Crippen LogP contribution in [0.3, 0.4) is 0 Å². The number of hydrogen-bond acceptors (Lipinski definition) is 1. The van der Waals surface area contributed by atoms with E-state index in [1.165, 1.54) is 71.3 Å². The predicted octanol–water partition coefficient (Wildman–Crippen LogP) is 13.4. The first-order valence-electron chi connectivity index (χ1n) is 19.5. The lowest BCUT2D eigenvalue weighted by atomic mass is 9.81. The first-order chi connectivity index (χ1) is 27.9. The highest BCUT2D eigenvalue weighted by Gasteiger charge is 2.35. The van der Waals surface area contributed by atoms with Crippen LogP contribution in [0.15, 0.2) is 205 Å². The van der Waals surface area contributed by atoms with Crippen molar-refractivity contribution in [3.63, 3.8) is 0 Å². The zero-order valence-corrected chi connectivity index (χ0v) is 32.3. The molecule has 0 unspecified atom stereocenters. The molecule has 274 valence electrons. The van der Waals surface area contributed by atoms with Crippen molar-refractivity contribution >= 4 is 44.0 Å². The van der Waals surface area contributed by atoms with Crippen LogP contribution in [0.25, 0.3) is 65.7 Å². The number of aliphatic imine (C=N–C) groups is 2. The molecule has 3 heteroatoms. The van der Waals surface area contributed by atoms with Gasteiger partial charge in [0.15, 0.2) is 5.84 Å². The van der Waals surface area contributed by atoms with Gasteiger partial charge in [0.2, 0.25) is 0 Å². The van der Waals surface area contributed by atoms with Crippen molar-refractivity contribution < 1.29 is 0 Å². The molecular formula is C54H43N3. The molecule has 0 atom stereocenters. The van der Waals surface area contributed by atoms with E-state index in [0.717, 1.165) is 22.3 Å². The topological polar surface area (TPSA) is 50.7 Å². The van der Waals surface area contributed by atoms with E-state index in [0.29, 0.717) is 18.2 Å². The van der Waals surface area contributed by atoms with Crippen LogP contribution < -0.4 is 5.73 Å². The van der Waals surface area contributed by atoms with Gasteiger partial charge in [0.1, 0.15) is 5.84 Å². The smallest absolute Gasteiger partial charge is 0.157 e. The summed E-state index contributed by atoms with van der Waals surface area (Å²) in [6, 6.07) is 56.7. The zero-order valence-electron chi connectivity index (χ0n) is 32.3. The lowest BCUT2D eigenvalue weighted by Gasteiger charge is -2.22. The van der Waals surface area contributed by atoms with E-state index in [9.17, 15) is 0 Å². The van der Waals surface area contributed by atoms with Gasteiger partial charge < -0.3 is 5.73 Å². The molecule has 0 spiro atoms. The van der Waals surface area contributed by atoms with E-state index in [4.69, 9.17) is 15.7 Å². The lowest BCUT2D eigenvalue weighted by molar-refractivity contribution is 0.660. The van der Waals surface area contributed by atoms with Gasteiger partial charge in [0.05, 0.1) is 6.54 Å². The minimum absolute atomic E-state index is 0.0576. The quantitative estimate of drug-likeness (QED) is 0.0719. The number of nitrogens with zero attached hydrogens (tertiary/aromatic N) is 2. The van der Waals surface area contributed by atoms with Crippen molar-refractivity contribution in [3.8, 4) is 33.4 Å². The van der Waals surface area contributed by atoms with Crippen LogP contribution in [-0.2, 0) is 12.0 Å². The molecule has 0 fully saturated rings. The van der Waals surface area contributed by atoms with Crippen LogP contribution >= 0.6 is 0 Å². The highest BCUT2D eigenvalue weighted by molar-refractivity contribution is 6.29. The molecule has 1 aliphatic rings. The Bertz CT molecular complexity index is 2980. The van der Waals surface area contributed by atoms with Gasteiger partial charge in [0.25, 0.3) is 0 Å². The summed E-state index contributed by atoms with van der Waals surface area (Å²) < 4.78 is 0. The van der Waals surface area contributed by atoms with Crippen LogP contribution in [0.5, 0.6) is 0 Å². The van der Waals surface area contributed by atoms with Crippen LogP contribution in [0.2, 0.25) is 0 Å². The Balaban J connectivity index is 1.12. The molecule has 8 aromatic carbocycles. The number of hydrogen-bond donors (Lipinski definition) is 1. The van der Waals surface area contributed by atoms with Gasteiger partial charge in [-0.05, 0) is 94.5 Å². The Morgan fingerprint density at radius 3 is 1.96 bits per heavy atom. The molecule has 8 aromatic rings. The highest BCUT2D eigenvalue weighted by atomic mass is 15.0. The molecule has 57 heavy (non-hydrogen) atoms. The summed E-state index contributed by atoms with van der Waals surface area (Å²) in [7, 11) is 0. The third-order valence-electron chi connectivity index (χ3n) is 11.5. The summed E-state index contributed by atoms with van der Waals surface area (Å²) in [6.45, 7) is 13.0. The highest BCUT2D eigenvalue weighted by Crippen LogP contribution is 2.50. The molecule has 0 amide bonds. The maximum atomic E-state index is 6.68. The summed E-state index contributed by atoms with van der Waals surface area (Å²) in [5.74, 6) is 0.890. The molecule has 9 rings (SSSR count). The van der Waals surface area contributed by atoms with Crippen LogP contribution in [0.1, 0.15) is 36.1 Å². The third kappa shape index (κ3) is 6.28. The second-order valence-corrected chi connectivity index (χ2v) is 15.2. The van der Waals surface area contributed by atoms with Gasteiger partial charge in [0, 0.05) is 16.6 Å². The van der Waals surface area contributed by atoms with Crippen molar-refractivity contribution in [3.05, 3.63) is 217 Å². The van der Waals surface area contributed by atoms with Gasteiger partial charge in [-0.3, -0.25) is 4.99 Å². The van der Waals surface area contributed by atoms with Gasteiger partial charge in [-0.1, -0.05) is 191 Å². The van der Waals surface area contributed by atoms with Gasteiger partial charge >= 0.3 is 0 Å². The molecule has 0 radical (unpaired) electrons. The maximum absolute atomic E-state index is 6.68. The third-order valence-corrected chi connectivity index (χ3v) is 11.5. The molecule has 0 aliphatic heterocycles. The van der Waals surface area contributed by atoms with E-state index in [-0.39, 0.29) is 5.41 Å².